The lowest BCUT2D eigenvalue weighted by Gasteiger charge is -2.11. The van der Waals surface area contributed by atoms with Crippen molar-refractivity contribution in [1.82, 2.24) is 0 Å². The molecule has 0 aliphatic heterocycles. The largest absolute Gasteiger partial charge is 0.493 e. The summed E-state index contributed by atoms with van der Waals surface area (Å²) in [6.45, 7) is 5.22. The van der Waals surface area contributed by atoms with Gasteiger partial charge in [0.25, 0.3) is 11.6 Å². The molecule has 0 unspecified atom stereocenters. The summed E-state index contributed by atoms with van der Waals surface area (Å²) < 4.78 is 10.4. The highest BCUT2D eigenvalue weighted by Gasteiger charge is 2.19. The Labute approximate surface area is 168 Å². The lowest BCUT2D eigenvalue weighted by Crippen LogP contribution is -2.21. The van der Waals surface area contributed by atoms with Crippen molar-refractivity contribution in [2.75, 3.05) is 18.5 Å². The van der Waals surface area contributed by atoms with Gasteiger partial charge < -0.3 is 14.8 Å². The number of nitrogens with zero attached hydrogens (tertiary/aromatic N) is 1. The van der Waals surface area contributed by atoms with E-state index in [1.807, 2.05) is 13.0 Å². The van der Waals surface area contributed by atoms with Crippen molar-refractivity contribution in [2.24, 2.45) is 0 Å². The van der Waals surface area contributed by atoms with Crippen molar-refractivity contribution in [3.63, 3.8) is 0 Å². The van der Waals surface area contributed by atoms with Gasteiger partial charge in [-0.15, -0.1) is 0 Å². The van der Waals surface area contributed by atoms with Gasteiger partial charge in [-0.1, -0.05) is 24.3 Å². The first kappa shape index (κ1) is 21.6. The van der Waals surface area contributed by atoms with E-state index in [1.165, 1.54) is 18.2 Å². The van der Waals surface area contributed by atoms with Crippen LogP contribution in [-0.4, -0.2) is 30.0 Å². The first-order valence-electron chi connectivity index (χ1n) is 8.94. The molecule has 0 spiro atoms. The molecule has 8 heteroatoms. The summed E-state index contributed by atoms with van der Waals surface area (Å²) in [5, 5.41) is 13.6. The van der Waals surface area contributed by atoms with E-state index in [4.69, 9.17) is 9.47 Å². The molecule has 152 valence electrons. The fraction of sp³-hybridized carbons (Fsp3) is 0.238. The SMILES string of the molecule is CCOc1ccccc1/C=C/C(=O)OCC(=O)Nc1c([N+](=O)[O-])ccc(C)c1C. The van der Waals surface area contributed by atoms with Gasteiger partial charge in [0.2, 0.25) is 0 Å². The number of esters is 1. The van der Waals surface area contributed by atoms with Crippen LogP contribution < -0.4 is 10.1 Å². The van der Waals surface area contributed by atoms with Crippen LogP contribution in [0.2, 0.25) is 0 Å². The molecule has 0 fully saturated rings. The Morgan fingerprint density at radius 2 is 1.90 bits per heavy atom. The van der Waals surface area contributed by atoms with Crippen molar-refractivity contribution in [1.29, 1.82) is 0 Å². The second kappa shape index (κ2) is 10.0. The van der Waals surface area contributed by atoms with Crippen molar-refractivity contribution >= 4 is 29.3 Å². The van der Waals surface area contributed by atoms with E-state index in [0.717, 1.165) is 5.56 Å². The summed E-state index contributed by atoms with van der Waals surface area (Å²) in [7, 11) is 0. The van der Waals surface area contributed by atoms with E-state index in [1.54, 1.807) is 38.1 Å². The fourth-order valence-corrected chi connectivity index (χ4v) is 2.53. The van der Waals surface area contributed by atoms with Crippen LogP contribution in [0.5, 0.6) is 5.75 Å². The first-order valence-corrected chi connectivity index (χ1v) is 8.94. The van der Waals surface area contributed by atoms with Gasteiger partial charge in [0.15, 0.2) is 6.61 Å². The zero-order valence-corrected chi connectivity index (χ0v) is 16.4. The molecule has 0 heterocycles. The van der Waals surface area contributed by atoms with Crippen LogP contribution in [0.4, 0.5) is 11.4 Å². The molecule has 0 aromatic heterocycles. The fourth-order valence-electron chi connectivity index (χ4n) is 2.53. The maximum absolute atomic E-state index is 12.1. The van der Waals surface area contributed by atoms with Gasteiger partial charge in [0.1, 0.15) is 11.4 Å². The third kappa shape index (κ3) is 5.90. The average Bonchev–Trinajstić information content (AvgIpc) is 2.69. The molecule has 0 radical (unpaired) electrons. The molecule has 0 aliphatic rings. The predicted octanol–water partition coefficient (Wildman–Crippen LogP) is 3.81. The number of anilines is 1. The summed E-state index contributed by atoms with van der Waals surface area (Å²) >= 11 is 0. The van der Waals surface area contributed by atoms with E-state index in [-0.39, 0.29) is 11.4 Å². The molecule has 0 bridgehead atoms. The zero-order valence-electron chi connectivity index (χ0n) is 16.4. The molecule has 2 aromatic carbocycles. The highest BCUT2D eigenvalue weighted by atomic mass is 16.6. The summed E-state index contributed by atoms with van der Waals surface area (Å²) in [6, 6.07) is 10.1. The Balaban J connectivity index is 1.99. The number of aryl methyl sites for hydroxylation is 1. The van der Waals surface area contributed by atoms with Gasteiger partial charge in [0.05, 0.1) is 11.5 Å². The average molecular weight is 398 g/mol. The Hall–Kier alpha value is -3.68. The molecule has 0 saturated heterocycles. The number of para-hydroxylation sites is 1. The summed E-state index contributed by atoms with van der Waals surface area (Å²) in [6.07, 6.45) is 2.71. The number of nitro groups is 1. The standard InChI is InChI=1S/C21H22N2O6/c1-4-28-18-8-6-5-7-16(18)10-12-20(25)29-13-19(24)22-21-15(3)14(2)9-11-17(21)23(26)27/h5-12H,4,13H2,1-3H3,(H,22,24)/b12-10+. The molecular weight excluding hydrogens is 376 g/mol. The second-order valence-corrected chi connectivity index (χ2v) is 6.12. The highest BCUT2D eigenvalue weighted by Crippen LogP contribution is 2.30. The van der Waals surface area contributed by atoms with E-state index < -0.39 is 23.4 Å². The summed E-state index contributed by atoms with van der Waals surface area (Å²) in [4.78, 5) is 34.6. The normalized spacial score (nSPS) is 10.6. The quantitative estimate of drug-likeness (QED) is 0.314. The monoisotopic (exact) mass is 398 g/mol. The van der Waals surface area contributed by atoms with Gasteiger partial charge in [0, 0.05) is 17.7 Å². The number of rotatable bonds is 8. The number of hydrogen-bond acceptors (Lipinski definition) is 6. The van der Waals surface area contributed by atoms with Crippen LogP contribution in [0.25, 0.3) is 6.08 Å². The maximum atomic E-state index is 12.1. The van der Waals surface area contributed by atoms with Crippen LogP contribution in [0.3, 0.4) is 0 Å². The van der Waals surface area contributed by atoms with Gasteiger partial charge in [-0.25, -0.2) is 4.79 Å². The third-order valence-electron chi connectivity index (χ3n) is 4.14. The Bertz CT molecular complexity index is 952. The second-order valence-electron chi connectivity index (χ2n) is 6.12. The first-order chi connectivity index (χ1) is 13.8. The van der Waals surface area contributed by atoms with Gasteiger partial charge in [-0.3, -0.25) is 14.9 Å². The number of nitro benzene ring substituents is 1. The van der Waals surface area contributed by atoms with Crippen LogP contribution in [0, 0.1) is 24.0 Å². The third-order valence-corrected chi connectivity index (χ3v) is 4.14. The molecule has 2 aromatic rings. The van der Waals surface area contributed by atoms with E-state index in [2.05, 4.69) is 5.32 Å². The van der Waals surface area contributed by atoms with Crippen molar-refractivity contribution in [3.05, 3.63) is 69.3 Å². The van der Waals surface area contributed by atoms with Gasteiger partial charge in [-0.05, 0) is 44.0 Å². The minimum atomic E-state index is -0.720. The predicted molar refractivity (Wildman–Crippen MR) is 109 cm³/mol. The van der Waals surface area contributed by atoms with Crippen LogP contribution in [0.1, 0.15) is 23.6 Å². The van der Waals surface area contributed by atoms with Crippen molar-refractivity contribution in [3.8, 4) is 5.75 Å². The van der Waals surface area contributed by atoms with Gasteiger partial charge >= 0.3 is 5.97 Å². The molecule has 0 saturated carbocycles. The molecule has 0 atom stereocenters. The molecule has 2 rings (SSSR count). The Morgan fingerprint density at radius 1 is 1.17 bits per heavy atom. The van der Waals surface area contributed by atoms with Crippen molar-refractivity contribution < 1.29 is 24.0 Å². The van der Waals surface area contributed by atoms with Crippen molar-refractivity contribution in [2.45, 2.75) is 20.8 Å². The minimum Gasteiger partial charge on any atom is -0.493 e. The van der Waals surface area contributed by atoms with Crippen LogP contribution in [0.15, 0.2) is 42.5 Å². The molecule has 1 N–H and O–H groups in total. The molecule has 8 nitrogen and oxygen atoms in total. The van der Waals surface area contributed by atoms with E-state index >= 15 is 0 Å². The Morgan fingerprint density at radius 3 is 2.59 bits per heavy atom. The molecular formula is C21H22N2O6. The smallest absolute Gasteiger partial charge is 0.331 e. The number of carbonyl (C=O) groups is 2. The summed E-state index contributed by atoms with van der Waals surface area (Å²) in [5.41, 5.74) is 1.93. The van der Waals surface area contributed by atoms with Gasteiger partial charge in [-0.2, -0.15) is 0 Å². The van der Waals surface area contributed by atoms with Crippen LogP contribution >= 0.6 is 0 Å². The minimum absolute atomic E-state index is 0.0947. The number of ether oxygens (including phenoxy) is 2. The van der Waals surface area contributed by atoms with E-state index in [0.29, 0.717) is 23.5 Å². The lowest BCUT2D eigenvalue weighted by molar-refractivity contribution is -0.384. The number of hydrogen-bond donors (Lipinski definition) is 1. The lowest BCUT2D eigenvalue weighted by atomic mass is 10.1. The number of benzene rings is 2. The molecule has 29 heavy (non-hydrogen) atoms. The molecule has 1 amide bonds. The number of carbonyl (C=O) groups excluding carboxylic acids is 2. The maximum Gasteiger partial charge on any atom is 0.331 e. The number of nitrogens with one attached hydrogen (secondary N) is 1. The topological polar surface area (TPSA) is 108 Å². The molecule has 0 aliphatic carbocycles. The zero-order chi connectivity index (χ0) is 21.4. The highest BCUT2D eigenvalue weighted by molar-refractivity contribution is 5.97. The van der Waals surface area contributed by atoms with E-state index in [9.17, 15) is 19.7 Å². The number of amides is 1. The summed E-state index contributed by atoms with van der Waals surface area (Å²) in [5.74, 6) is -0.765. The Kier molecular flexibility index (Phi) is 7.47. The van der Waals surface area contributed by atoms with Crippen LogP contribution in [-0.2, 0) is 14.3 Å².